The summed E-state index contributed by atoms with van der Waals surface area (Å²) in [6.07, 6.45) is 0. The maximum Gasteiger partial charge on any atom is 0.258 e. The molecule has 0 aromatic heterocycles. The Balaban J connectivity index is 1.94. The van der Waals surface area contributed by atoms with Crippen LogP contribution in [0.4, 0.5) is 0 Å². The Hall–Kier alpha value is -0.810. The van der Waals surface area contributed by atoms with Gasteiger partial charge in [-0.1, -0.05) is 53.5 Å². The van der Waals surface area contributed by atoms with E-state index in [0.29, 0.717) is 19.8 Å². The number of hydrogen-bond donors (Lipinski definition) is 0. The fourth-order valence-electron chi connectivity index (χ4n) is 2.54. The van der Waals surface area contributed by atoms with Gasteiger partial charge in [0.05, 0.1) is 25.9 Å². The van der Waals surface area contributed by atoms with Crippen LogP contribution in [-0.2, 0) is 14.3 Å². The monoisotopic (exact) mass is 301 g/mol. The molecule has 0 N–H and O–H groups in total. The van der Waals surface area contributed by atoms with Gasteiger partial charge >= 0.3 is 0 Å². The Labute approximate surface area is 121 Å². The highest BCUT2D eigenvalue weighted by Crippen LogP contribution is 2.42. The zero-order chi connectivity index (χ0) is 13.5. The molecule has 1 spiro atoms. The van der Waals surface area contributed by atoms with E-state index in [9.17, 15) is 4.79 Å². The van der Waals surface area contributed by atoms with Crippen molar-refractivity contribution in [3.63, 3.8) is 0 Å². The van der Waals surface area contributed by atoms with E-state index in [0.717, 1.165) is 5.56 Å². The van der Waals surface area contributed by atoms with Gasteiger partial charge in [0.15, 0.2) is 10.6 Å². The molecule has 2 aliphatic heterocycles. The Bertz CT molecular complexity index is 476. The van der Waals surface area contributed by atoms with Crippen LogP contribution in [0.1, 0.15) is 11.6 Å². The van der Waals surface area contributed by atoms with E-state index in [1.807, 2.05) is 30.3 Å². The molecule has 1 aromatic rings. The third-order valence-electron chi connectivity index (χ3n) is 3.52. The van der Waals surface area contributed by atoms with Crippen LogP contribution in [0.2, 0.25) is 0 Å². The second-order valence-electron chi connectivity index (χ2n) is 4.69. The fraction of sp³-hybridized carbons (Fsp3) is 0.462. The minimum absolute atomic E-state index is 0.169. The van der Waals surface area contributed by atoms with E-state index in [-0.39, 0.29) is 11.9 Å². The molecular formula is C13H13Cl2NO3. The quantitative estimate of drug-likeness (QED) is 0.786. The highest BCUT2D eigenvalue weighted by molar-refractivity contribution is 6.53. The zero-order valence-electron chi connectivity index (χ0n) is 10.1. The van der Waals surface area contributed by atoms with Crippen LogP contribution in [0.25, 0.3) is 0 Å². The number of hydrogen-bond acceptors (Lipinski definition) is 3. The maximum absolute atomic E-state index is 12.3. The van der Waals surface area contributed by atoms with E-state index in [4.69, 9.17) is 32.7 Å². The second-order valence-corrected chi connectivity index (χ2v) is 5.78. The number of halogens is 2. The molecule has 6 heteroatoms. The summed E-state index contributed by atoms with van der Waals surface area (Å²) in [5, 5.41) is 0. The van der Waals surface area contributed by atoms with Gasteiger partial charge in [0.1, 0.15) is 0 Å². The van der Waals surface area contributed by atoms with Crippen molar-refractivity contribution in [2.45, 2.75) is 16.6 Å². The minimum Gasteiger partial charge on any atom is -0.371 e. The first-order valence-corrected chi connectivity index (χ1v) is 6.89. The highest BCUT2D eigenvalue weighted by Gasteiger charge is 2.56. The number of benzene rings is 1. The summed E-state index contributed by atoms with van der Waals surface area (Å²) in [5.41, 5.74) is 0.313. The van der Waals surface area contributed by atoms with Crippen molar-refractivity contribution in [1.82, 2.24) is 4.90 Å². The van der Waals surface area contributed by atoms with E-state index in [1.165, 1.54) is 0 Å². The van der Waals surface area contributed by atoms with Crippen molar-refractivity contribution < 1.29 is 14.3 Å². The predicted molar refractivity (Wildman–Crippen MR) is 71.0 cm³/mol. The summed E-state index contributed by atoms with van der Waals surface area (Å²) in [6.45, 7) is 1.16. The first kappa shape index (κ1) is 13.2. The number of rotatable bonds is 2. The smallest absolute Gasteiger partial charge is 0.258 e. The molecule has 2 aliphatic rings. The highest BCUT2D eigenvalue weighted by atomic mass is 35.5. The van der Waals surface area contributed by atoms with Crippen LogP contribution < -0.4 is 0 Å². The molecule has 102 valence electrons. The lowest BCUT2D eigenvalue weighted by Crippen LogP contribution is -2.62. The van der Waals surface area contributed by atoms with Crippen LogP contribution in [0.5, 0.6) is 0 Å². The van der Waals surface area contributed by atoms with Gasteiger partial charge in [-0.2, -0.15) is 0 Å². The third kappa shape index (κ3) is 2.13. The van der Waals surface area contributed by atoms with Crippen LogP contribution in [-0.4, -0.2) is 41.2 Å². The summed E-state index contributed by atoms with van der Waals surface area (Å²) in [7, 11) is 0. The van der Waals surface area contributed by atoms with Crippen LogP contribution >= 0.6 is 23.2 Å². The molecular weight excluding hydrogens is 289 g/mol. The number of nitrogens with zero attached hydrogens (tertiary/aromatic N) is 1. The molecule has 0 aliphatic carbocycles. The molecule has 19 heavy (non-hydrogen) atoms. The first-order valence-electron chi connectivity index (χ1n) is 6.02. The number of ether oxygens (including phenoxy) is 2. The van der Waals surface area contributed by atoms with E-state index in [1.54, 1.807) is 4.90 Å². The van der Waals surface area contributed by atoms with Crippen molar-refractivity contribution >= 4 is 29.1 Å². The van der Waals surface area contributed by atoms with Gasteiger partial charge in [-0.05, 0) is 5.56 Å². The standard InChI is InChI=1S/C13H13Cl2NO3/c14-11(15)12(17)16-10(9-4-2-1-3-5-9)6-19-13(16)7-18-8-13/h1-5,10-11H,6-8H2. The van der Waals surface area contributed by atoms with Crippen LogP contribution in [0.15, 0.2) is 30.3 Å². The zero-order valence-corrected chi connectivity index (χ0v) is 11.6. The predicted octanol–water partition coefficient (Wildman–Crippen LogP) is 2.12. The summed E-state index contributed by atoms with van der Waals surface area (Å²) in [5.74, 6) is -0.335. The molecule has 0 radical (unpaired) electrons. The number of amides is 1. The number of carbonyl (C=O) groups excluding carboxylic acids is 1. The van der Waals surface area contributed by atoms with Gasteiger partial charge in [-0.3, -0.25) is 9.69 Å². The molecule has 3 rings (SSSR count). The summed E-state index contributed by atoms with van der Waals surface area (Å²) < 4.78 is 11.0. The molecule has 0 bridgehead atoms. The fourth-order valence-corrected chi connectivity index (χ4v) is 2.75. The topological polar surface area (TPSA) is 38.8 Å². The van der Waals surface area contributed by atoms with Crippen molar-refractivity contribution in [3.05, 3.63) is 35.9 Å². The second kappa shape index (κ2) is 4.94. The van der Waals surface area contributed by atoms with Crippen molar-refractivity contribution in [1.29, 1.82) is 0 Å². The lowest BCUT2D eigenvalue weighted by Gasteiger charge is -2.45. The van der Waals surface area contributed by atoms with Gasteiger partial charge in [0, 0.05) is 0 Å². The van der Waals surface area contributed by atoms with E-state index >= 15 is 0 Å². The van der Waals surface area contributed by atoms with Crippen molar-refractivity contribution in [3.8, 4) is 0 Å². The molecule has 2 saturated heterocycles. The summed E-state index contributed by atoms with van der Waals surface area (Å²) >= 11 is 11.5. The summed E-state index contributed by atoms with van der Waals surface area (Å²) in [4.78, 5) is 12.8. The Morgan fingerprint density at radius 1 is 1.32 bits per heavy atom. The number of alkyl halides is 2. The molecule has 1 amide bonds. The first-order chi connectivity index (χ1) is 9.14. The van der Waals surface area contributed by atoms with Crippen molar-refractivity contribution in [2.24, 2.45) is 0 Å². The molecule has 4 nitrogen and oxygen atoms in total. The van der Waals surface area contributed by atoms with Gasteiger partial charge < -0.3 is 9.47 Å². The Kier molecular flexibility index (Phi) is 3.43. The molecule has 1 atom stereocenters. The molecule has 2 fully saturated rings. The third-order valence-corrected chi connectivity index (χ3v) is 3.90. The lowest BCUT2D eigenvalue weighted by molar-refractivity contribution is -0.240. The Morgan fingerprint density at radius 2 is 2.00 bits per heavy atom. The van der Waals surface area contributed by atoms with Gasteiger partial charge in [-0.25, -0.2) is 0 Å². The average molecular weight is 302 g/mol. The van der Waals surface area contributed by atoms with E-state index in [2.05, 4.69) is 0 Å². The largest absolute Gasteiger partial charge is 0.371 e. The maximum atomic E-state index is 12.3. The van der Waals surface area contributed by atoms with Gasteiger partial charge in [0.25, 0.3) is 5.91 Å². The van der Waals surface area contributed by atoms with Crippen molar-refractivity contribution in [2.75, 3.05) is 19.8 Å². The molecule has 0 saturated carbocycles. The minimum atomic E-state index is -1.09. The van der Waals surface area contributed by atoms with Gasteiger partial charge in [-0.15, -0.1) is 0 Å². The summed E-state index contributed by atoms with van der Waals surface area (Å²) in [6, 6.07) is 9.55. The van der Waals surface area contributed by atoms with Crippen LogP contribution in [0, 0.1) is 0 Å². The normalized spacial score (nSPS) is 24.8. The van der Waals surface area contributed by atoms with Crippen LogP contribution in [0.3, 0.4) is 0 Å². The van der Waals surface area contributed by atoms with Gasteiger partial charge in [0.2, 0.25) is 0 Å². The van der Waals surface area contributed by atoms with E-state index < -0.39 is 10.6 Å². The number of carbonyl (C=O) groups is 1. The molecule has 2 heterocycles. The molecule has 1 unspecified atom stereocenters. The Morgan fingerprint density at radius 3 is 2.53 bits per heavy atom. The SMILES string of the molecule is O=C(C(Cl)Cl)N1C(c2ccccc2)COC12COC2. The molecule has 1 aromatic carbocycles. The lowest BCUT2D eigenvalue weighted by atomic mass is 10.0. The average Bonchev–Trinajstić information content (AvgIpc) is 2.78.